The van der Waals surface area contributed by atoms with E-state index in [0.717, 1.165) is 5.56 Å². The van der Waals surface area contributed by atoms with E-state index in [0.29, 0.717) is 17.0 Å². The number of rotatable bonds is 6. The molecule has 26 heavy (non-hydrogen) atoms. The van der Waals surface area contributed by atoms with Gasteiger partial charge in [-0.05, 0) is 36.8 Å². The minimum absolute atomic E-state index is 0.0104. The number of benzene rings is 1. The van der Waals surface area contributed by atoms with Crippen molar-refractivity contribution >= 4 is 5.91 Å². The van der Waals surface area contributed by atoms with E-state index in [1.807, 2.05) is 0 Å². The molecule has 0 aliphatic heterocycles. The Kier molecular flexibility index (Phi) is 5.21. The van der Waals surface area contributed by atoms with E-state index in [2.05, 4.69) is 20.0 Å². The lowest BCUT2D eigenvalue weighted by atomic mass is 10.2. The number of aromatic nitrogens is 2. The van der Waals surface area contributed by atoms with Crippen molar-refractivity contribution in [1.82, 2.24) is 15.3 Å². The van der Waals surface area contributed by atoms with Gasteiger partial charge in [0, 0.05) is 11.8 Å². The number of hydrogen-bond donors (Lipinski definition) is 1. The molecule has 1 amide bonds. The zero-order valence-electron chi connectivity index (χ0n) is 13.8. The van der Waals surface area contributed by atoms with Gasteiger partial charge in [-0.15, -0.1) is 0 Å². The second-order valence-electron chi connectivity index (χ2n) is 5.40. The Morgan fingerprint density at radius 3 is 2.92 bits per heavy atom. The maximum absolute atomic E-state index is 12.3. The van der Waals surface area contributed by atoms with Crippen molar-refractivity contribution in [1.29, 1.82) is 0 Å². The summed E-state index contributed by atoms with van der Waals surface area (Å²) in [6.07, 6.45) is 2.94. The molecule has 0 fully saturated rings. The molecular weight excluding hydrogens is 344 g/mol. The number of aryl methyl sites for hydroxylation is 1. The van der Waals surface area contributed by atoms with Crippen molar-refractivity contribution in [2.45, 2.75) is 20.1 Å². The van der Waals surface area contributed by atoms with Gasteiger partial charge < -0.3 is 14.5 Å². The van der Waals surface area contributed by atoms with Gasteiger partial charge in [0.15, 0.2) is 0 Å². The number of hydrogen-bond acceptors (Lipinski definition) is 5. The highest BCUT2D eigenvalue weighted by Gasteiger charge is 2.13. The lowest BCUT2D eigenvalue weighted by molar-refractivity contribution is -0.0498. The molecule has 8 heteroatoms. The topological polar surface area (TPSA) is 77.2 Å². The normalized spacial score (nSPS) is 10.8. The Labute approximate surface area is 147 Å². The highest BCUT2D eigenvalue weighted by molar-refractivity contribution is 5.93. The summed E-state index contributed by atoms with van der Waals surface area (Å²) in [6, 6.07) is 9.57. The molecule has 0 radical (unpaired) electrons. The van der Waals surface area contributed by atoms with Crippen LogP contribution in [0.2, 0.25) is 0 Å². The molecule has 0 bridgehead atoms. The van der Waals surface area contributed by atoms with Crippen molar-refractivity contribution in [2.75, 3.05) is 0 Å². The van der Waals surface area contributed by atoms with Gasteiger partial charge in [0.1, 0.15) is 17.7 Å². The number of carbonyl (C=O) groups is 1. The number of carbonyl (C=O) groups excluding carboxylic acids is 1. The summed E-state index contributed by atoms with van der Waals surface area (Å²) in [5.41, 5.74) is 2.08. The van der Waals surface area contributed by atoms with E-state index in [1.165, 1.54) is 18.4 Å². The fourth-order valence-corrected chi connectivity index (χ4v) is 2.30. The van der Waals surface area contributed by atoms with E-state index in [-0.39, 0.29) is 24.1 Å². The third-order valence-electron chi connectivity index (χ3n) is 3.51. The Morgan fingerprint density at radius 2 is 2.15 bits per heavy atom. The summed E-state index contributed by atoms with van der Waals surface area (Å²) < 4.78 is 34.3. The first-order valence-corrected chi connectivity index (χ1v) is 7.72. The highest BCUT2D eigenvalue weighted by atomic mass is 19.3. The zero-order chi connectivity index (χ0) is 18.5. The molecule has 3 rings (SSSR count). The standard InChI is InChI=1S/C18H15F2N3O3/c1-11-4-3-7-21-15(11)16(24)22-9-13-10-25-17(23-13)12-5-2-6-14(8-12)26-18(19)20/h2-8,10,18H,9H2,1H3,(H,22,24). The maximum atomic E-state index is 12.3. The Bertz CT molecular complexity index is 912. The molecule has 2 aromatic heterocycles. The predicted molar refractivity (Wildman–Crippen MR) is 88.7 cm³/mol. The first-order chi connectivity index (χ1) is 12.5. The average molecular weight is 359 g/mol. The Hall–Kier alpha value is -3.29. The number of alkyl halides is 2. The van der Waals surface area contributed by atoms with Crippen LogP contribution in [0.5, 0.6) is 5.75 Å². The molecule has 0 aliphatic rings. The Balaban J connectivity index is 1.67. The number of pyridine rings is 1. The smallest absolute Gasteiger partial charge is 0.387 e. The molecule has 0 saturated heterocycles. The van der Waals surface area contributed by atoms with Gasteiger partial charge in [-0.2, -0.15) is 8.78 Å². The monoisotopic (exact) mass is 359 g/mol. The van der Waals surface area contributed by atoms with Crippen molar-refractivity contribution < 1.29 is 22.7 Å². The van der Waals surface area contributed by atoms with Gasteiger partial charge in [0.25, 0.3) is 5.91 Å². The first kappa shape index (κ1) is 17.5. The van der Waals surface area contributed by atoms with Crippen LogP contribution in [0, 0.1) is 6.92 Å². The SMILES string of the molecule is Cc1cccnc1C(=O)NCc1coc(-c2cccc(OC(F)F)c2)n1. The van der Waals surface area contributed by atoms with Crippen LogP contribution in [0.1, 0.15) is 21.7 Å². The van der Waals surface area contributed by atoms with Gasteiger partial charge in [0.2, 0.25) is 5.89 Å². The van der Waals surface area contributed by atoms with E-state index in [1.54, 1.807) is 37.4 Å². The molecule has 2 heterocycles. The molecule has 3 aromatic rings. The van der Waals surface area contributed by atoms with E-state index in [4.69, 9.17) is 4.42 Å². The Morgan fingerprint density at radius 1 is 1.31 bits per heavy atom. The fraction of sp³-hybridized carbons (Fsp3) is 0.167. The molecular formula is C18H15F2N3O3. The van der Waals surface area contributed by atoms with Crippen molar-refractivity contribution in [3.63, 3.8) is 0 Å². The molecule has 0 aliphatic carbocycles. The lowest BCUT2D eigenvalue weighted by Gasteiger charge is -2.05. The maximum Gasteiger partial charge on any atom is 0.387 e. The number of halogens is 2. The summed E-state index contributed by atoms with van der Waals surface area (Å²) in [6.45, 7) is -0.966. The van der Waals surface area contributed by atoms with Crippen LogP contribution >= 0.6 is 0 Å². The molecule has 134 valence electrons. The summed E-state index contributed by atoms with van der Waals surface area (Å²) in [5.74, 6) is -0.0702. The quantitative estimate of drug-likeness (QED) is 0.728. The van der Waals surface area contributed by atoms with Gasteiger partial charge in [0.05, 0.1) is 12.2 Å². The van der Waals surface area contributed by atoms with E-state index < -0.39 is 6.61 Å². The number of oxazole rings is 1. The fourth-order valence-electron chi connectivity index (χ4n) is 2.30. The second kappa shape index (κ2) is 7.73. The minimum atomic E-state index is -2.91. The van der Waals surface area contributed by atoms with Crippen LogP contribution in [0.4, 0.5) is 8.78 Å². The third kappa shape index (κ3) is 4.21. The molecule has 1 N–H and O–H groups in total. The van der Waals surface area contributed by atoms with E-state index >= 15 is 0 Å². The van der Waals surface area contributed by atoms with Gasteiger partial charge in [-0.3, -0.25) is 9.78 Å². The van der Waals surface area contributed by atoms with Crippen LogP contribution in [0.3, 0.4) is 0 Å². The van der Waals surface area contributed by atoms with Crippen molar-refractivity contribution in [3.05, 3.63) is 65.8 Å². The van der Waals surface area contributed by atoms with Crippen LogP contribution in [0.15, 0.2) is 53.3 Å². The van der Waals surface area contributed by atoms with Gasteiger partial charge in [-0.1, -0.05) is 12.1 Å². The van der Waals surface area contributed by atoms with Crippen LogP contribution < -0.4 is 10.1 Å². The molecule has 0 atom stereocenters. The third-order valence-corrected chi connectivity index (χ3v) is 3.51. The average Bonchev–Trinajstić information content (AvgIpc) is 3.09. The summed E-state index contributed by atoms with van der Waals surface area (Å²) in [5, 5.41) is 2.71. The van der Waals surface area contributed by atoms with Gasteiger partial charge >= 0.3 is 6.61 Å². The van der Waals surface area contributed by atoms with Crippen LogP contribution in [-0.2, 0) is 6.54 Å². The van der Waals surface area contributed by atoms with Gasteiger partial charge in [-0.25, -0.2) is 4.98 Å². The zero-order valence-corrected chi connectivity index (χ0v) is 13.8. The molecule has 0 unspecified atom stereocenters. The number of amides is 1. The molecule has 0 spiro atoms. The van der Waals surface area contributed by atoms with Crippen LogP contribution in [-0.4, -0.2) is 22.5 Å². The summed E-state index contributed by atoms with van der Waals surface area (Å²) in [7, 11) is 0. The largest absolute Gasteiger partial charge is 0.444 e. The van der Waals surface area contributed by atoms with Crippen LogP contribution in [0.25, 0.3) is 11.5 Å². The summed E-state index contributed by atoms with van der Waals surface area (Å²) in [4.78, 5) is 20.4. The number of nitrogens with zero attached hydrogens (tertiary/aromatic N) is 2. The first-order valence-electron chi connectivity index (χ1n) is 7.72. The molecule has 6 nitrogen and oxygen atoms in total. The molecule has 1 aromatic carbocycles. The minimum Gasteiger partial charge on any atom is -0.444 e. The van der Waals surface area contributed by atoms with Crippen molar-refractivity contribution in [2.24, 2.45) is 0 Å². The number of ether oxygens (including phenoxy) is 1. The molecule has 0 saturated carbocycles. The highest BCUT2D eigenvalue weighted by Crippen LogP contribution is 2.24. The lowest BCUT2D eigenvalue weighted by Crippen LogP contribution is -2.24. The number of nitrogens with one attached hydrogen (secondary N) is 1. The summed E-state index contributed by atoms with van der Waals surface area (Å²) >= 11 is 0. The predicted octanol–water partition coefficient (Wildman–Crippen LogP) is 3.58. The second-order valence-corrected chi connectivity index (χ2v) is 5.40. The van der Waals surface area contributed by atoms with Crippen molar-refractivity contribution in [3.8, 4) is 17.2 Å². The van der Waals surface area contributed by atoms with E-state index in [9.17, 15) is 13.6 Å².